The van der Waals surface area contributed by atoms with Crippen LogP contribution < -0.4 is 10.1 Å². The summed E-state index contributed by atoms with van der Waals surface area (Å²) in [6.45, 7) is 1.23. The lowest BCUT2D eigenvalue weighted by Crippen LogP contribution is -2.18. The summed E-state index contributed by atoms with van der Waals surface area (Å²) in [5.41, 5.74) is 1.56. The van der Waals surface area contributed by atoms with Crippen LogP contribution >= 0.6 is 11.6 Å². The van der Waals surface area contributed by atoms with Gasteiger partial charge in [-0.3, -0.25) is 4.79 Å². The zero-order chi connectivity index (χ0) is 15.9. The predicted molar refractivity (Wildman–Crippen MR) is 86.8 cm³/mol. The van der Waals surface area contributed by atoms with E-state index in [0.717, 1.165) is 5.56 Å². The van der Waals surface area contributed by atoms with E-state index in [4.69, 9.17) is 16.3 Å². The summed E-state index contributed by atoms with van der Waals surface area (Å²) in [5.74, 6) is 0.451. The number of rotatable bonds is 7. The number of phenolic OH excluding ortho intramolecular Hbond substituents is 1. The highest BCUT2D eigenvalue weighted by atomic mass is 35.5. The highest BCUT2D eigenvalue weighted by molar-refractivity contribution is 6.30. The van der Waals surface area contributed by atoms with Crippen LogP contribution in [0.3, 0.4) is 0 Å². The van der Waals surface area contributed by atoms with Crippen molar-refractivity contribution in [3.8, 4) is 11.5 Å². The van der Waals surface area contributed by atoms with Gasteiger partial charge in [0.25, 0.3) is 0 Å². The molecule has 0 aliphatic rings. The van der Waals surface area contributed by atoms with E-state index in [1.165, 1.54) is 19.2 Å². The first kappa shape index (κ1) is 16.3. The van der Waals surface area contributed by atoms with Gasteiger partial charge < -0.3 is 15.2 Å². The maximum absolute atomic E-state index is 12.1. The number of carbonyl (C=O) groups is 1. The average molecular weight is 320 g/mol. The van der Waals surface area contributed by atoms with Crippen molar-refractivity contribution in [3.63, 3.8) is 0 Å². The van der Waals surface area contributed by atoms with E-state index in [1.54, 1.807) is 6.07 Å². The minimum atomic E-state index is -0.0437. The number of hydrogen-bond acceptors (Lipinski definition) is 4. The molecule has 0 aromatic heterocycles. The largest absolute Gasteiger partial charge is 0.508 e. The molecule has 2 N–H and O–H groups in total. The summed E-state index contributed by atoms with van der Waals surface area (Å²) in [7, 11) is 1.50. The van der Waals surface area contributed by atoms with Crippen LogP contribution in [0.4, 0.5) is 0 Å². The molecule has 0 bridgehead atoms. The maximum atomic E-state index is 12.1. The molecule has 22 heavy (non-hydrogen) atoms. The van der Waals surface area contributed by atoms with E-state index in [0.29, 0.717) is 35.8 Å². The van der Waals surface area contributed by atoms with Crippen molar-refractivity contribution in [2.24, 2.45) is 0 Å². The van der Waals surface area contributed by atoms with Crippen LogP contribution in [-0.4, -0.2) is 24.5 Å². The third-order valence-corrected chi connectivity index (χ3v) is 3.47. The molecule has 0 fully saturated rings. The summed E-state index contributed by atoms with van der Waals surface area (Å²) in [6.07, 6.45) is 0.347. The minimum absolute atomic E-state index is 0.0248. The highest BCUT2D eigenvalue weighted by Gasteiger charge is 2.09. The van der Waals surface area contributed by atoms with Gasteiger partial charge in [-0.05, 0) is 29.8 Å². The van der Waals surface area contributed by atoms with Gasteiger partial charge in [-0.25, -0.2) is 0 Å². The molecule has 4 nitrogen and oxygen atoms in total. The second kappa shape index (κ2) is 7.82. The quantitative estimate of drug-likeness (QED) is 0.606. The maximum Gasteiger partial charge on any atom is 0.164 e. The number of hydrogen-bond donors (Lipinski definition) is 2. The summed E-state index contributed by atoms with van der Waals surface area (Å²) < 4.78 is 5.04. The molecule has 0 aliphatic carbocycles. The molecule has 0 saturated heterocycles. The molecule has 5 heteroatoms. The van der Waals surface area contributed by atoms with E-state index in [2.05, 4.69) is 5.32 Å². The van der Waals surface area contributed by atoms with Gasteiger partial charge in [0.05, 0.1) is 7.11 Å². The van der Waals surface area contributed by atoms with Crippen molar-refractivity contribution in [3.05, 3.63) is 58.6 Å². The van der Waals surface area contributed by atoms with Crippen LogP contribution in [0.2, 0.25) is 5.02 Å². The van der Waals surface area contributed by atoms with Crippen molar-refractivity contribution >= 4 is 17.4 Å². The van der Waals surface area contributed by atoms with Crippen LogP contribution in [0.1, 0.15) is 22.3 Å². The third-order valence-electron chi connectivity index (χ3n) is 3.22. The van der Waals surface area contributed by atoms with E-state index < -0.39 is 0 Å². The molecule has 2 aromatic rings. The molecule has 0 aliphatic heterocycles. The fraction of sp³-hybridized carbons (Fsp3) is 0.235. The summed E-state index contributed by atoms with van der Waals surface area (Å²) in [6, 6.07) is 12.1. The van der Waals surface area contributed by atoms with Crippen molar-refractivity contribution in [1.82, 2.24) is 5.32 Å². The molecule has 0 unspecified atom stereocenters. The Labute approximate surface area is 134 Å². The lowest BCUT2D eigenvalue weighted by atomic mass is 10.1. The molecule has 0 radical (unpaired) electrons. The van der Waals surface area contributed by atoms with E-state index >= 15 is 0 Å². The Morgan fingerprint density at radius 2 is 1.95 bits per heavy atom. The number of halogens is 1. The molecule has 0 heterocycles. The second-order valence-corrected chi connectivity index (χ2v) is 5.33. The van der Waals surface area contributed by atoms with E-state index in [1.807, 2.05) is 24.3 Å². The van der Waals surface area contributed by atoms with Gasteiger partial charge in [0, 0.05) is 36.2 Å². The van der Waals surface area contributed by atoms with Crippen LogP contribution in [0.25, 0.3) is 0 Å². The van der Waals surface area contributed by atoms with Gasteiger partial charge in [-0.15, -0.1) is 0 Å². The first-order valence-corrected chi connectivity index (χ1v) is 7.32. The molecule has 0 amide bonds. The van der Waals surface area contributed by atoms with Gasteiger partial charge in [-0.2, -0.15) is 0 Å². The number of benzene rings is 2. The zero-order valence-electron chi connectivity index (χ0n) is 12.3. The Hall–Kier alpha value is -2.04. The Morgan fingerprint density at radius 1 is 1.23 bits per heavy atom. The monoisotopic (exact) mass is 319 g/mol. The summed E-state index contributed by atoms with van der Waals surface area (Å²) in [4.78, 5) is 12.1. The van der Waals surface area contributed by atoms with Crippen molar-refractivity contribution in [1.29, 1.82) is 0 Å². The fourth-order valence-corrected chi connectivity index (χ4v) is 2.17. The zero-order valence-corrected chi connectivity index (χ0v) is 13.1. The number of nitrogens with one attached hydrogen (secondary N) is 1. The molecule has 2 rings (SSSR count). The molecule has 116 valence electrons. The number of phenols is 1. The van der Waals surface area contributed by atoms with Crippen LogP contribution in [-0.2, 0) is 6.54 Å². The Balaban J connectivity index is 1.82. The number of ketones is 1. The van der Waals surface area contributed by atoms with Crippen LogP contribution in [0, 0.1) is 0 Å². The molecule has 2 aromatic carbocycles. The van der Waals surface area contributed by atoms with Crippen molar-refractivity contribution in [2.75, 3.05) is 13.7 Å². The van der Waals surface area contributed by atoms with Gasteiger partial charge in [0.1, 0.15) is 11.5 Å². The Bertz CT molecular complexity index is 641. The Morgan fingerprint density at radius 3 is 2.64 bits per heavy atom. The molecule has 0 spiro atoms. The minimum Gasteiger partial charge on any atom is -0.508 e. The van der Waals surface area contributed by atoms with Crippen LogP contribution in [0.5, 0.6) is 11.5 Å². The van der Waals surface area contributed by atoms with Gasteiger partial charge in [0.2, 0.25) is 0 Å². The summed E-state index contributed by atoms with van der Waals surface area (Å²) in [5, 5.41) is 13.5. The number of Topliss-reactive ketones (excluding diaryl/α,β-unsaturated/α-hetero) is 1. The SMILES string of the molecule is COc1cc(O)cc(C(=O)CCNCc2ccc(Cl)cc2)c1. The predicted octanol–water partition coefficient (Wildman–Crippen LogP) is 3.42. The smallest absolute Gasteiger partial charge is 0.164 e. The third kappa shape index (κ3) is 4.76. The standard InChI is InChI=1S/C17H18ClNO3/c1-22-16-9-13(8-15(20)10-16)17(21)6-7-19-11-12-2-4-14(18)5-3-12/h2-5,8-10,19-20H,6-7,11H2,1H3. The van der Waals surface area contributed by atoms with Crippen molar-refractivity contribution in [2.45, 2.75) is 13.0 Å². The molecular weight excluding hydrogens is 302 g/mol. The lowest BCUT2D eigenvalue weighted by molar-refractivity contribution is 0.0981. The molecule has 0 atom stereocenters. The number of carbonyl (C=O) groups excluding carboxylic acids is 1. The fourth-order valence-electron chi connectivity index (χ4n) is 2.04. The summed E-state index contributed by atoms with van der Waals surface area (Å²) >= 11 is 5.82. The normalized spacial score (nSPS) is 10.5. The number of aromatic hydroxyl groups is 1. The number of methoxy groups -OCH3 is 1. The first-order valence-electron chi connectivity index (χ1n) is 6.95. The average Bonchev–Trinajstić information content (AvgIpc) is 2.52. The van der Waals surface area contributed by atoms with Gasteiger partial charge in [0.15, 0.2) is 5.78 Å². The van der Waals surface area contributed by atoms with E-state index in [-0.39, 0.29) is 11.5 Å². The van der Waals surface area contributed by atoms with Gasteiger partial charge >= 0.3 is 0 Å². The van der Waals surface area contributed by atoms with Crippen molar-refractivity contribution < 1.29 is 14.6 Å². The topological polar surface area (TPSA) is 58.6 Å². The highest BCUT2D eigenvalue weighted by Crippen LogP contribution is 2.22. The number of ether oxygens (including phenoxy) is 1. The lowest BCUT2D eigenvalue weighted by Gasteiger charge is -2.07. The van der Waals surface area contributed by atoms with E-state index in [9.17, 15) is 9.90 Å². The molecular formula is C17H18ClNO3. The van der Waals surface area contributed by atoms with Gasteiger partial charge in [-0.1, -0.05) is 23.7 Å². The Kier molecular flexibility index (Phi) is 5.81. The molecule has 0 saturated carbocycles. The van der Waals surface area contributed by atoms with Crippen LogP contribution in [0.15, 0.2) is 42.5 Å². The first-order chi connectivity index (χ1) is 10.6. The second-order valence-electron chi connectivity index (χ2n) is 4.90.